The Kier molecular flexibility index (Phi) is 5.75. The molecule has 17 heavy (non-hydrogen) atoms. The van der Waals surface area contributed by atoms with Crippen LogP contribution in [0.5, 0.6) is 0 Å². The summed E-state index contributed by atoms with van der Waals surface area (Å²) in [6.07, 6.45) is 0. The number of hydrogen-bond donors (Lipinski definition) is 1. The van der Waals surface area contributed by atoms with Crippen LogP contribution in [0, 0.1) is 0 Å². The molecular weight excluding hydrogens is 238 g/mol. The first-order chi connectivity index (χ1) is 8.10. The van der Waals surface area contributed by atoms with Crippen LogP contribution in [-0.2, 0) is 11.3 Å². The van der Waals surface area contributed by atoms with Gasteiger partial charge >= 0.3 is 0 Å². The molecule has 0 saturated carbocycles. The summed E-state index contributed by atoms with van der Waals surface area (Å²) in [5.41, 5.74) is 1.81. The van der Waals surface area contributed by atoms with Crippen molar-refractivity contribution in [3.05, 3.63) is 28.8 Å². The molecule has 1 rings (SSSR count). The van der Waals surface area contributed by atoms with E-state index in [4.69, 9.17) is 21.4 Å². The van der Waals surface area contributed by atoms with Gasteiger partial charge in [-0.05, 0) is 31.5 Å². The Balaban J connectivity index is 2.93. The number of ether oxygens (including phenoxy) is 1. The topological polar surface area (TPSA) is 32.7 Å². The van der Waals surface area contributed by atoms with Crippen LogP contribution in [0.3, 0.4) is 0 Å². The van der Waals surface area contributed by atoms with Crippen LogP contribution in [0.4, 0.5) is 5.69 Å². The van der Waals surface area contributed by atoms with E-state index in [-0.39, 0.29) is 6.61 Å². The summed E-state index contributed by atoms with van der Waals surface area (Å²) in [6, 6.07) is 5.99. The molecule has 0 bridgehead atoms. The second-order valence-electron chi connectivity index (χ2n) is 4.22. The van der Waals surface area contributed by atoms with Crippen LogP contribution in [0.15, 0.2) is 18.2 Å². The molecule has 4 heteroatoms. The lowest BCUT2D eigenvalue weighted by Crippen LogP contribution is -2.34. The van der Waals surface area contributed by atoms with Crippen LogP contribution in [0.2, 0.25) is 5.02 Å². The molecule has 0 aliphatic rings. The summed E-state index contributed by atoms with van der Waals surface area (Å²) >= 11 is 6.23. The molecule has 0 spiro atoms. The number of rotatable bonds is 6. The van der Waals surface area contributed by atoms with Crippen molar-refractivity contribution in [1.29, 1.82) is 0 Å². The monoisotopic (exact) mass is 257 g/mol. The number of halogens is 1. The third-order valence-electron chi connectivity index (χ3n) is 2.66. The first-order valence-electron chi connectivity index (χ1n) is 5.75. The maximum Gasteiger partial charge on any atom is 0.0682 e. The summed E-state index contributed by atoms with van der Waals surface area (Å²) in [6.45, 7) is 5.71. The Morgan fingerprint density at radius 1 is 1.41 bits per heavy atom. The van der Waals surface area contributed by atoms with Crippen molar-refractivity contribution in [1.82, 2.24) is 0 Å². The SMILES string of the molecule is COCCN(c1ccc(CO)cc1Cl)C(C)C. The summed E-state index contributed by atoms with van der Waals surface area (Å²) in [5, 5.41) is 9.72. The Bertz CT molecular complexity index is 355. The van der Waals surface area contributed by atoms with Gasteiger partial charge in [-0.25, -0.2) is 0 Å². The van der Waals surface area contributed by atoms with Crippen molar-refractivity contribution in [2.75, 3.05) is 25.2 Å². The molecule has 0 atom stereocenters. The predicted octanol–water partition coefficient (Wildman–Crippen LogP) is 2.69. The predicted molar refractivity (Wildman–Crippen MR) is 71.7 cm³/mol. The van der Waals surface area contributed by atoms with Crippen LogP contribution < -0.4 is 4.90 Å². The van der Waals surface area contributed by atoms with Gasteiger partial charge in [0.2, 0.25) is 0 Å². The Morgan fingerprint density at radius 3 is 2.59 bits per heavy atom. The van der Waals surface area contributed by atoms with Crippen LogP contribution in [-0.4, -0.2) is 31.4 Å². The molecule has 1 N–H and O–H groups in total. The minimum Gasteiger partial charge on any atom is -0.392 e. The molecule has 96 valence electrons. The van der Waals surface area contributed by atoms with E-state index in [0.29, 0.717) is 17.7 Å². The fourth-order valence-electron chi connectivity index (χ4n) is 1.73. The third kappa shape index (κ3) is 3.87. The largest absolute Gasteiger partial charge is 0.392 e. The highest BCUT2D eigenvalue weighted by atomic mass is 35.5. The van der Waals surface area contributed by atoms with Gasteiger partial charge in [-0.2, -0.15) is 0 Å². The van der Waals surface area contributed by atoms with Gasteiger partial charge in [-0.1, -0.05) is 17.7 Å². The summed E-state index contributed by atoms with van der Waals surface area (Å²) in [7, 11) is 1.69. The molecule has 1 aromatic carbocycles. The van der Waals surface area contributed by atoms with Crippen LogP contribution >= 0.6 is 11.6 Å². The van der Waals surface area contributed by atoms with Gasteiger partial charge in [0, 0.05) is 19.7 Å². The van der Waals surface area contributed by atoms with E-state index < -0.39 is 0 Å². The summed E-state index contributed by atoms with van der Waals surface area (Å²) in [5.74, 6) is 0. The van der Waals surface area contributed by atoms with Gasteiger partial charge in [0.25, 0.3) is 0 Å². The molecule has 0 heterocycles. The highest BCUT2D eigenvalue weighted by Gasteiger charge is 2.13. The maximum absolute atomic E-state index is 9.05. The van der Waals surface area contributed by atoms with E-state index in [1.54, 1.807) is 13.2 Å². The number of hydrogen-bond acceptors (Lipinski definition) is 3. The van der Waals surface area contributed by atoms with Gasteiger partial charge in [0.1, 0.15) is 0 Å². The zero-order valence-electron chi connectivity index (χ0n) is 10.6. The molecule has 0 radical (unpaired) electrons. The smallest absolute Gasteiger partial charge is 0.0682 e. The minimum atomic E-state index is 0.0136. The van der Waals surface area contributed by atoms with E-state index in [1.807, 2.05) is 12.1 Å². The van der Waals surface area contributed by atoms with Crippen molar-refractivity contribution in [3.63, 3.8) is 0 Å². The average Bonchev–Trinajstić information content (AvgIpc) is 2.30. The lowest BCUT2D eigenvalue weighted by atomic mass is 10.2. The van der Waals surface area contributed by atoms with Crippen LogP contribution in [0.1, 0.15) is 19.4 Å². The normalized spacial score (nSPS) is 10.9. The highest BCUT2D eigenvalue weighted by Crippen LogP contribution is 2.28. The van der Waals surface area contributed by atoms with Gasteiger partial charge in [0.15, 0.2) is 0 Å². The molecule has 0 aromatic heterocycles. The highest BCUT2D eigenvalue weighted by molar-refractivity contribution is 6.33. The molecule has 0 unspecified atom stereocenters. The summed E-state index contributed by atoms with van der Waals surface area (Å²) < 4.78 is 5.10. The van der Waals surface area contributed by atoms with Gasteiger partial charge in [-0.3, -0.25) is 0 Å². The zero-order valence-corrected chi connectivity index (χ0v) is 11.4. The van der Waals surface area contributed by atoms with E-state index in [0.717, 1.165) is 17.8 Å². The van der Waals surface area contributed by atoms with E-state index in [1.165, 1.54) is 0 Å². The first kappa shape index (κ1) is 14.3. The number of anilines is 1. The van der Waals surface area contributed by atoms with E-state index in [9.17, 15) is 0 Å². The van der Waals surface area contributed by atoms with Crippen molar-refractivity contribution < 1.29 is 9.84 Å². The lowest BCUT2D eigenvalue weighted by Gasteiger charge is -2.29. The third-order valence-corrected chi connectivity index (χ3v) is 2.97. The van der Waals surface area contributed by atoms with Gasteiger partial charge < -0.3 is 14.7 Å². The molecule has 0 aliphatic heterocycles. The lowest BCUT2D eigenvalue weighted by molar-refractivity contribution is 0.204. The number of methoxy groups -OCH3 is 1. The first-order valence-corrected chi connectivity index (χ1v) is 6.12. The Labute approximate surface area is 108 Å². The van der Waals surface area contributed by atoms with E-state index >= 15 is 0 Å². The molecular formula is C13H20ClNO2. The molecule has 0 fully saturated rings. The maximum atomic E-state index is 9.05. The second kappa shape index (κ2) is 6.84. The standard InChI is InChI=1S/C13H20ClNO2/c1-10(2)15(6-7-17-3)13-5-4-11(9-16)8-12(13)14/h4-5,8,10,16H,6-7,9H2,1-3H3. The summed E-state index contributed by atoms with van der Waals surface area (Å²) in [4.78, 5) is 2.19. The van der Waals surface area contributed by atoms with Crippen LogP contribution in [0.25, 0.3) is 0 Å². The zero-order chi connectivity index (χ0) is 12.8. The molecule has 0 amide bonds. The fraction of sp³-hybridized carbons (Fsp3) is 0.538. The average molecular weight is 258 g/mol. The second-order valence-corrected chi connectivity index (χ2v) is 4.63. The Morgan fingerprint density at radius 2 is 2.12 bits per heavy atom. The van der Waals surface area contributed by atoms with Crippen molar-refractivity contribution >= 4 is 17.3 Å². The van der Waals surface area contributed by atoms with Crippen molar-refractivity contribution in [2.24, 2.45) is 0 Å². The molecule has 0 saturated heterocycles. The number of aliphatic hydroxyl groups is 1. The molecule has 3 nitrogen and oxygen atoms in total. The number of aliphatic hydroxyl groups excluding tert-OH is 1. The quantitative estimate of drug-likeness (QED) is 0.851. The molecule has 0 aliphatic carbocycles. The van der Waals surface area contributed by atoms with E-state index in [2.05, 4.69) is 18.7 Å². The van der Waals surface area contributed by atoms with Gasteiger partial charge in [0.05, 0.1) is 23.9 Å². The number of nitrogens with zero attached hydrogens (tertiary/aromatic N) is 1. The minimum absolute atomic E-state index is 0.0136. The molecule has 1 aromatic rings. The van der Waals surface area contributed by atoms with Crippen molar-refractivity contribution in [3.8, 4) is 0 Å². The van der Waals surface area contributed by atoms with Crippen molar-refractivity contribution in [2.45, 2.75) is 26.5 Å². The number of benzene rings is 1. The Hall–Kier alpha value is -0.770. The fourth-order valence-corrected chi connectivity index (χ4v) is 2.04. The van der Waals surface area contributed by atoms with Gasteiger partial charge in [-0.15, -0.1) is 0 Å².